The molecule has 7 nitrogen and oxygen atoms in total. The van der Waals surface area contributed by atoms with Crippen molar-refractivity contribution in [3.05, 3.63) is 35.5 Å². The van der Waals surface area contributed by atoms with Gasteiger partial charge in [-0.3, -0.25) is 0 Å². The Bertz CT molecular complexity index is 911. The third-order valence-corrected chi connectivity index (χ3v) is 5.17. The summed E-state index contributed by atoms with van der Waals surface area (Å²) in [5.74, 6) is 0.663. The summed E-state index contributed by atoms with van der Waals surface area (Å²) in [6, 6.07) is 2.80. The average Bonchev–Trinajstić information content (AvgIpc) is 2.99. The lowest BCUT2D eigenvalue weighted by atomic mass is 9.96. The number of hydrogen-bond donors (Lipinski definition) is 1. The number of primary sulfonamides is 1. The summed E-state index contributed by atoms with van der Waals surface area (Å²) in [6.45, 7) is 2.34. The summed E-state index contributed by atoms with van der Waals surface area (Å²) < 4.78 is 68.4. The number of alkyl halides is 3. The fraction of sp³-hybridized carbons (Fsp3) is 0.467. The van der Waals surface area contributed by atoms with Gasteiger partial charge in [0.2, 0.25) is 15.9 Å². The van der Waals surface area contributed by atoms with Crippen molar-refractivity contribution in [3.8, 4) is 0 Å². The zero-order valence-corrected chi connectivity index (χ0v) is 14.6. The molecule has 142 valence electrons. The van der Waals surface area contributed by atoms with E-state index in [0.717, 1.165) is 18.6 Å². The molecule has 1 fully saturated rings. The Kier molecular flexibility index (Phi) is 4.69. The summed E-state index contributed by atoms with van der Waals surface area (Å²) in [5.41, 5.74) is -1.13. The molecule has 1 saturated heterocycles. The molecule has 11 heteroatoms. The largest absolute Gasteiger partial charge is 0.418 e. The Morgan fingerprint density at radius 2 is 2.08 bits per heavy atom. The molecule has 2 N–H and O–H groups in total. The molecule has 26 heavy (non-hydrogen) atoms. The molecule has 0 bridgehead atoms. The van der Waals surface area contributed by atoms with Crippen molar-refractivity contribution in [2.24, 2.45) is 5.14 Å². The Morgan fingerprint density at radius 3 is 2.65 bits per heavy atom. The van der Waals surface area contributed by atoms with Gasteiger partial charge >= 0.3 is 6.18 Å². The van der Waals surface area contributed by atoms with E-state index in [-0.39, 0.29) is 18.2 Å². The monoisotopic (exact) mass is 390 g/mol. The highest BCUT2D eigenvalue weighted by molar-refractivity contribution is 7.89. The molecule has 3 rings (SSSR count). The normalized spacial score (nSPS) is 19.0. The van der Waals surface area contributed by atoms with Crippen molar-refractivity contribution >= 4 is 15.7 Å². The molecule has 1 aliphatic rings. The van der Waals surface area contributed by atoms with Gasteiger partial charge < -0.3 is 9.42 Å². The van der Waals surface area contributed by atoms with Gasteiger partial charge in [0.05, 0.1) is 16.4 Å². The third kappa shape index (κ3) is 3.83. The third-order valence-electron chi connectivity index (χ3n) is 4.26. The van der Waals surface area contributed by atoms with Crippen LogP contribution in [-0.4, -0.2) is 31.6 Å². The van der Waals surface area contributed by atoms with Crippen LogP contribution in [0.4, 0.5) is 18.9 Å². The predicted octanol–water partition coefficient (Wildman–Crippen LogP) is 2.43. The van der Waals surface area contributed by atoms with E-state index in [0.29, 0.717) is 30.7 Å². The van der Waals surface area contributed by atoms with Gasteiger partial charge in [0.15, 0.2) is 5.82 Å². The van der Waals surface area contributed by atoms with Crippen LogP contribution in [0.25, 0.3) is 0 Å². The molecular formula is C15H17F3N4O3S. The Balaban J connectivity index is 1.97. The molecule has 1 aliphatic heterocycles. The van der Waals surface area contributed by atoms with Crippen LogP contribution in [0.2, 0.25) is 0 Å². The van der Waals surface area contributed by atoms with Crippen LogP contribution in [0.1, 0.15) is 36.0 Å². The maximum absolute atomic E-state index is 13.5. The lowest BCUT2D eigenvalue weighted by Crippen LogP contribution is -2.36. The first-order valence-corrected chi connectivity index (χ1v) is 9.39. The van der Waals surface area contributed by atoms with Gasteiger partial charge in [-0.25, -0.2) is 13.6 Å². The van der Waals surface area contributed by atoms with Gasteiger partial charge in [-0.15, -0.1) is 0 Å². The van der Waals surface area contributed by atoms with Crippen LogP contribution >= 0.6 is 0 Å². The lowest BCUT2D eigenvalue weighted by Gasteiger charge is -2.34. The van der Waals surface area contributed by atoms with Gasteiger partial charge in [0.1, 0.15) is 0 Å². The zero-order valence-electron chi connectivity index (χ0n) is 13.8. The number of piperidine rings is 1. The summed E-state index contributed by atoms with van der Waals surface area (Å²) >= 11 is 0. The van der Waals surface area contributed by atoms with E-state index in [4.69, 9.17) is 9.66 Å². The molecular weight excluding hydrogens is 373 g/mol. The van der Waals surface area contributed by atoms with Gasteiger partial charge in [-0.1, -0.05) is 5.16 Å². The second-order valence-corrected chi connectivity index (χ2v) is 7.75. The predicted molar refractivity (Wildman–Crippen MR) is 86.0 cm³/mol. The minimum absolute atomic E-state index is 0.0918. The number of benzene rings is 1. The SMILES string of the molecule is Cc1noc(C2CCCN(c3ccc(S(N)(=O)=O)cc3C(F)(F)F)C2)n1. The van der Waals surface area contributed by atoms with Gasteiger partial charge in [-0.05, 0) is 38.0 Å². The lowest BCUT2D eigenvalue weighted by molar-refractivity contribution is -0.137. The molecule has 1 aromatic heterocycles. The second-order valence-electron chi connectivity index (χ2n) is 6.19. The van der Waals surface area contributed by atoms with E-state index >= 15 is 0 Å². The summed E-state index contributed by atoms with van der Waals surface area (Å²) in [4.78, 5) is 5.14. The van der Waals surface area contributed by atoms with E-state index in [9.17, 15) is 21.6 Å². The van der Waals surface area contributed by atoms with Gasteiger partial charge in [0.25, 0.3) is 0 Å². The number of hydrogen-bond acceptors (Lipinski definition) is 6. The molecule has 2 heterocycles. The summed E-state index contributed by atoms with van der Waals surface area (Å²) in [5, 5.41) is 8.68. The minimum atomic E-state index is -4.72. The number of rotatable bonds is 3. The Morgan fingerprint density at radius 1 is 1.35 bits per heavy atom. The van der Waals surface area contributed by atoms with Crippen LogP contribution in [0.15, 0.2) is 27.6 Å². The minimum Gasteiger partial charge on any atom is -0.370 e. The van der Waals surface area contributed by atoms with Crippen molar-refractivity contribution in [1.29, 1.82) is 0 Å². The van der Waals surface area contributed by atoms with Crippen LogP contribution in [0.5, 0.6) is 0 Å². The smallest absolute Gasteiger partial charge is 0.370 e. The van der Waals surface area contributed by atoms with Crippen molar-refractivity contribution in [2.75, 3.05) is 18.0 Å². The first-order chi connectivity index (χ1) is 12.1. The van der Waals surface area contributed by atoms with E-state index < -0.39 is 26.7 Å². The van der Waals surface area contributed by atoms with Crippen molar-refractivity contribution in [1.82, 2.24) is 10.1 Å². The standard InChI is InChI=1S/C15H17F3N4O3S/c1-9-20-14(25-21-9)10-3-2-6-22(8-10)13-5-4-11(26(19,23)24)7-12(13)15(16,17)18/h4-5,7,10H,2-3,6,8H2,1H3,(H2,19,23,24). The highest BCUT2D eigenvalue weighted by atomic mass is 32.2. The molecule has 0 radical (unpaired) electrons. The summed E-state index contributed by atoms with van der Waals surface area (Å²) in [7, 11) is -4.24. The number of aryl methyl sites for hydroxylation is 1. The maximum Gasteiger partial charge on any atom is 0.418 e. The van der Waals surface area contributed by atoms with Crippen molar-refractivity contribution in [3.63, 3.8) is 0 Å². The Hall–Kier alpha value is -2.14. The topological polar surface area (TPSA) is 102 Å². The van der Waals surface area contributed by atoms with E-state index in [1.54, 1.807) is 11.8 Å². The van der Waals surface area contributed by atoms with E-state index in [2.05, 4.69) is 10.1 Å². The molecule has 2 aromatic rings. The van der Waals surface area contributed by atoms with E-state index in [1.165, 1.54) is 0 Å². The van der Waals surface area contributed by atoms with Gasteiger partial charge in [0, 0.05) is 18.8 Å². The molecule has 0 spiro atoms. The molecule has 0 amide bonds. The number of halogens is 3. The maximum atomic E-state index is 13.5. The quantitative estimate of drug-likeness (QED) is 0.864. The second kappa shape index (κ2) is 6.54. The van der Waals surface area contributed by atoms with Gasteiger partial charge in [-0.2, -0.15) is 18.2 Å². The number of anilines is 1. The molecule has 1 unspecified atom stereocenters. The highest BCUT2D eigenvalue weighted by Crippen LogP contribution is 2.40. The molecule has 0 saturated carbocycles. The van der Waals surface area contributed by atoms with Crippen LogP contribution < -0.4 is 10.0 Å². The zero-order chi connectivity index (χ0) is 19.1. The molecule has 0 aliphatic carbocycles. The summed E-state index contributed by atoms with van der Waals surface area (Å²) in [6.07, 6.45) is -3.36. The first-order valence-electron chi connectivity index (χ1n) is 7.85. The van der Waals surface area contributed by atoms with E-state index in [1.807, 2.05) is 0 Å². The average molecular weight is 390 g/mol. The number of aromatic nitrogens is 2. The molecule has 1 aromatic carbocycles. The van der Waals surface area contributed by atoms with Crippen LogP contribution in [-0.2, 0) is 16.2 Å². The van der Waals surface area contributed by atoms with Crippen molar-refractivity contribution in [2.45, 2.75) is 36.8 Å². The molecule has 1 atom stereocenters. The highest BCUT2D eigenvalue weighted by Gasteiger charge is 2.37. The Labute approximate surface area is 148 Å². The number of nitrogens with zero attached hydrogens (tertiary/aromatic N) is 3. The fourth-order valence-corrected chi connectivity index (χ4v) is 3.61. The van der Waals surface area contributed by atoms with Crippen molar-refractivity contribution < 1.29 is 26.1 Å². The number of sulfonamides is 1. The fourth-order valence-electron chi connectivity index (χ4n) is 3.07. The first kappa shape index (κ1) is 18.6. The van der Waals surface area contributed by atoms with Crippen LogP contribution in [0, 0.1) is 6.92 Å². The van der Waals surface area contributed by atoms with Crippen LogP contribution in [0.3, 0.4) is 0 Å². The number of nitrogens with two attached hydrogens (primary N) is 1.